The molecule has 29 heavy (non-hydrogen) atoms. The van der Waals surface area contributed by atoms with E-state index in [-0.39, 0.29) is 11.9 Å². The van der Waals surface area contributed by atoms with E-state index in [1.807, 2.05) is 36.4 Å². The summed E-state index contributed by atoms with van der Waals surface area (Å²) in [6.07, 6.45) is 6.51. The summed E-state index contributed by atoms with van der Waals surface area (Å²) in [7, 11) is 0. The number of hydrazine groups is 1. The number of benzene rings is 2. The number of carbonyl (C=O) groups excluding carboxylic acids is 1. The highest BCUT2D eigenvalue weighted by Gasteiger charge is 2.40. The first-order valence-electron chi connectivity index (χ1n) is 10.6. The lowest BCUT2D eigenvalue weighted by atomic mass is 9.81. The number of rotatable bonds is 5. The van der Waals surface area contributed by atoms with E-state index in [4.69, 9.17) is 0 Å². The van der Waals surface area contributed by atoms with Crippen molar-refractivity contribution in [3.05, 3.63) is 59.9 Å². The van der Waals surface area contributed by atoms with E-state index in [2.05, 4.69) is 38.3 Å². The first-order chi connectivity index (χ1) is 14.3. The molecular weight excluding hydrogens is 362 g/mol. The molecule has 0 spiro atoms. The monoisotopic (exact) mass is 389 g/mol. The average Bonchev–Trinajstić information content (AvgIpc) is 3.37. The quantitative estimate of drug-likeness (QED) is 0.540. The zero-order valence-corrected chi connectivity index (χ0v) is 16.4. The number of H-pyrrole nitrogens is 1. The maximum absolute atomic E-state index is 12.7. The molecule has 1 amide bonds. The van der Waals surface area contributed by atoms with Gasteiger partial charge in [0.2, 0.25) is 5.91 Å². The Morgan fingerprint density at radius 2 is 1.83 bits per heavy atom. The molecule has 0 radical (unpaired) electrons. The summed E-state index contributed by atoms with van der Waals surface area (Å²) in [4.78, 5) is 20.7. The standard InChI is InChI=1S/C23H27N5O/c29-23(22-17-5-1-2-6-18(17)27-28-22)24-16-12-9-15(10-13-16)11-14-21-25-19-7-3-4-8-20(19)26-21/h3-4,7-10,12-13,17-18,22,27-28H,1-2,5-6,11,14H2,(H,24,29)(H,25,26). The molecule has 2 aliphatic rings. The third kappa shape index (κ3) is 3.91. The van der Waals surface area contributed by atoms with Gasteiger partial charge in [-0.05, 0) is 49.1 Å². The van der Waals surface area contributed by atoms with Crippen LogP contribution < -0.4 is 16.2 Å². The minimum atomic E-state index is -0.145. The lowest BCUT2D eigenvalue weighted by molar-refractivity contribution is -0.118. The molecule has 1 saturated carbocycles. The molecular formula is C23H27N5O. The first-order valence-corrected chi connectivity index (χ1v) is 10.6. The Morgan fingerprint density at radius 1 is 1.00 bits per heavy atom. The van der Waals surface area contributed by atoms with Crippen molar-refractivity contribution in [2.45, 2.75) is 50.6 Å². The molecule has 3 atom stereocenters. The van der Waals surface area contributed by atoms with Crippen molar-refractivity contribution in [2.75, 3.05) is 5.32 Å². The zero-order chi connectivity index (χ0) is 19.6. The van der Waals surface area contributed by atoms with Crippen LogP contribution in [0.5, 0.6) is 0 Å². The summed E-state index contributed by atoms with van der Waals surface area (Å²) < 4.78 is 0. The van der Waals surface area contributed by atoms with E-state index in [0.717, 1.165) is 48.2 Å². The molecule has 3 aromatic rings. The van der Waals surface area contributed by atoms with Gasteiger partial charge in [0.15, 0.2) is 0 Å². The number of nitrogens with zero attached hydrogens (tertiary/aromatic N) is 1. The normalized spacial score (nSPS) is 23.8. The molecule has 3 unspecified atom stereocenters. The number of nitrogens with one attached hydrogen (secondary N) is 4. The fourth-order valence-corrected chi connectivity index (χ4v) is 4.66. The molecule has 6 heteroatoms. The second kappa shape index (κ2) is 7.97. The minimum absolute atomic E-state index is 0.0573. The molecule has 1 aromatic heterocycles. The van der Waals surface area contributed by atoms with Crippen LogP contribution >= 0.6 is 0 Å². The van der Waals surface area contributed by atoms with Gasteiger partial charge in [0.05, 0.1) is 11.0 Å². The second-order valence-electron chi connectivity index (χ2n) is 8.21. The Morgan fingerprint density at radius 3 is 2.69 bits per heavy atom. The number of hydrogen-bond acceptors (Lipinski definition) is 4. The van der Waals surface area contributed by atoms with Gasteiger partial charge >= 0.3 is 0 Å². The number of amides is 1. The maximum atomic E-state index is 12.7. The number of carbonyl (C=O) groups is 1. The van der Waals surface area contributed by atoms with Crippen LogP contribution in [0.2, 0.25) is 0 Å². The van der Waals surface area contributed by atoms with Crippen LogP contribution in [-0.4, -0.2) is 28.0 Å². The number of aromatic nitrogens is 2. The average molecular weight is 390 g/mol. The Balaban J connectivity index is 1.17. The third-order valence-corrected chi connectivity index (χ3v) is 6.26. The predicted octanol–water partition coefficient (Wildman–Crippen LogP) is 3.32. The fourth-order valence-electron chi connectivity index (χ4n) is 4.66. The highest BCUT2D eigenvalue weighted by atomic mass is 16.2. The van der Waals surface area contributed by atoms with E-state index in [1.165, 1.54) is 18.4 Å². The summed E-state index contributed by atoms with van der Waals surface area (Å²) in [5, 5.41) is 3.08. The van der Waals surface area contributed by atoms with Crippen LogP contribution in [0, 0.1) is 5.92 Å². The smallest absolute Gasteiger partial charge is 0.243 e. The molecule has 2 heterocycles. The molecule has 2 aromatic carbocycles. The molecule has 0 bridgehead atoms. The van der Waals surface area contributed by atoms with Crippen molar-refractivity contribution < 1.29 is 4.79 Å². The summed E-state index contributed by atoms with van der Waals surface area (Å²) in [6, 6.07) is 16.5. The number of aryl methyl sites for hydroxylation is 2. The molecule has 5 rings (SSSR count). The fraction of sp³-hybridized carbons (Fsp3) is 0.391. The molecule has 4 N–H and O–H groups in total. The molecule has 150 valence electrons. The molecule has 1 saturated heterocycles. The number of imidazole rings is 1. The van der Waals surface area contributed by atoms with Crippen LogP contribution in [0.15, 0.2) is 48.5 Å². The van der Waals surface area contributed by atoms with Crippen molar-refractivity contribution in [1.82, 2.24) is 20.8 Å². The lowest BCUT2D eigenvalue weighted by Crippen LogP contribution is -2.42. The van der Waals surface area contributed by atoms with E-state index >= 15 is 0 Å². The maximum Gasteiger partial charge on any atom is 0.243 e. The zero-order valence-electron chi connectivity index (χ0n) is 16.4. The van der Waals surface area contributed by atoms with Gasteiger partial charge in [0, 0.05) is 24.1 Å². The van der Waals surface area contributed by atoms with Gasteiger partial charge < -0.3 is 10.3 Å². The van der Waals surface area contributed by atoms with Gasteiger partial charge in [-0.25, -0.2) is 10.4 Å². The molecule has 2 fully saturated rings. The van der Waals surface area contributed by atoms with Gasteiger partial charge in [0.1, 0.15) is 11.9 Å². The van der Waals surface area contributed by atoms with Gasteiger partial charge in [0.25, 0.3) is 0 Å². The van der Waals surface area contributed by atoms with Crippen molar-refractivity contribution in [3.63, 3.8) is 0 Å². The topological polar surface area (TPSA) is 81.8 Å². The van der Waals surface area contributed by atoms with Gasteiger partial charge in [-0.1, -0.05) is 37.1 Å². The first kappa shape index (κ1) is 18.3. The van der Waals surface area contributed by atoms with E-state index in [9.17, 15) is 4.79 Å². The van der Waals surface area contributed by atoms with E-state index in [0.29, 0.717) is 12.0 Å². The lowest BCUT2D eigenvalue weighted by Gasteiger charge is -2.26. The SMILES string of the molecule is O=C(Nc1ccc(CCc2nc3ccccc3[nH]2)cc1)C1NNC2CCCCC21. The van der Waals surface area contributed by atoms with Gasteiger partial charge in [-0.3, -0.25) is 10.2 Å². The number of para-hydroxylation sites is 2. The summed E-state index contributed by atoms with van der Waals surface area (Å²) >= 11 is 0. The summed E-state index contributed by atoms with van der Waals surface area (Å²) in [5.74, 6) is 1.46. The largest absolute Gasteiger partial charge is 0.342 e. The van der Waals surface area contributed by atoms with Crippen LogP contribution in [0.25, 0.3) is 11.0 Å². The van der Waals surface area contributed by atoms with Crippen molar-refractivity contribution in [1.29, 1.82) is 0 Å². The summed E-state index contributed by atoms with van der Waals surface area (Å²) in [6.45, 7) is 0. The molecule has 1 aliphatic heterocycles. The second-order valence-corrected chi connectivity index (χ2v) is 8.21. The van der Waals surface area contributed by atoms with Crippen molar-refractivity contribution in [2.24, 2.45) is 5.92 Å². The van der Waals surface area contributed by atoms with Crippen LogP contribution in [0.3, 0.4) is 0 Å². The van der Waals surface area contributed by atoms with Crippen molar-refractivity contribution >= 4 is 22.6 Å². The Bertz CT molecular complexity index is 963. The predicted molar refractivity (Wildman–Crippen MR) is 114 cm³/mol. The van der Waals surface area contributed by atoms with E-state index < -0.39 is 0 Å². The minimum Gasteiger partial charge on any atom is -0.342 e. The van der Waals surface area contributed by atoms with E-state index in [1.54, 1.807) is 0 Å². The number of anilines is 1. The highest BCUT2D eigenvalue weighted by molar-refractivity contribution is 5.95. The summed E-state index contributed by atoms with van der Waals surface area (Å²) in [5.41, 5.74) is 10.7. The Kier molecular flexibility index (Phi) is 5.04. The number of fused-ring (bicyclic) bond motifs is 2. The third-order valence-electron chi connectivity index (χ3n) is 6.26. The molecule has 1 aliphatic carbocycles. The molecule has 6 nitrogen and oxygen atoms in total. The highest BCUT2D eigenvalue weighted by Crippen LogP contribution is 2.30. The van der Waals surface area contributed by atoms with Crippen LogP contribution in [0.1, 0.15) is 37.1 Å². The Labute approximate surface area is 170 Å². The van der Waals surface area contributed by atoms with Gasteiger partial charge in [-0.15, -0.1) is 0 Å². The van der Waals surface area contributed by atoms with Crippen LogP contribution in [-0.2, 0) is 17.6 Å². The number of hydrogen-bond donors (Lipinski definition) is 4. The van der Waals surface area contributed by atoms with Crippen molar-refractivity contribution in [3.8, 4) is 0 Å². The number of aromatic amines is 1. The van der Waals surface area contributed by atoms with Crippen LogP contribution in [0.4, 0.5) is 5.69 Å². The Hall–Kier alpha value is -2.70. The van der Waals surface area contributed by atoms with Gasteiger partial charge in [-0.2, -0.15) is 0 Å².